The normalized spacial score (nSPS) is 13.6. The summed E-state index contributed by atoms with van der Waals surface area (Å²) in [6.07, 6.45) is 2.43. The molecule has 0 amide bonds. The van der Waals surface area contributed by atoms with Gasteiger partial charge in [-0.1, -0.05) is 24.3 Å². The van der Waals surface area contributed by atoms with E-state index in [9.17, 15) is 0 Å². The molecule has 18 heavy (non-hydrogen) atoms. The van der Waals surface area contributed by atoms with Crippen LogP contribution in [0.15, 0.2) is 48.5 Å². The molecule has 0 unspecified atom stereocenters. The molecule has 1 N–H and O–H groups in total. The average molecular weight is 238 g/mol. The zero-order valence-electron chi connectivity index (χ0n) is 10.7. The molecule has 0 atom stereocenters. The van der Waals surface area contributed by atoms with Crippen molar-refractivity contribution in [1.82, 2.24) is 0 Å². The predicted octanol–water partition coefficient (Wildman–Crippen LogP) is 3.81. The molecule has 0 spiro atoms. The van der Waals surface area contributed by atoms with Gasteiger partial charge < -0.3 is 10.2 Å². The number of aryl methyl sites for hydroxylation is 1. The largest absolute Gasteiger partial charge is 0.385 e. The summed E-state index contributed by atoms with van der Waals surface area (Å²) < 4.78 is 0. The van der Waals surface area contributed by atoms with Gasteiger partial charge in [0, 0.05) is 30.7 Å². The quantitative estimate of drug-likeness (QED) is 0.855. The summed E-state index contributed by atoms with van der Waals surface area (Å²) >= 11 is 0. The molecule has 0 saturated carbocycles. The zero-order chi connectivity index (χ0) is 12.4. The minimum atomic E-state index is 1.09. The monoisotopic (exact) mass is 238 g/mol. The van der Waals surface area contributed by atoms with Gasteiger partial charge in [0.25, 0.3) is 0 Å². The Labute approximate surface area is 108 Å². The number of hydrogen-bond acceptors (Lipinski definition) is 2. The summed E-state index contributed by atoms with van der Waals surface area (Å²) in [5.74, 6) is 0. The van der Waals surface area contributed by atoms with Crippen LogP contribution in [-0.2, 0) is 6.42 Å². The molecule has 0 aliphatic carbocycles. The first-order chi connectivity index (χ1) is 8.84. The molecule has 1 heterocycles. The Kier molecular flexibility index (Phi) is 2.93. The molecule has 0 bridgehead atoms. The van der Waals surface area contributed by atoms with Gasteiger partial charge in [-0.3, -0.25) is 0 Å². The highest BCUT2D eigenvalue weighted by Crippen LogP contribution is 2.30. The number of nitrogens with one attached hydrogen (secondary N) is 1. The third-order valence-corrected chi connectivity index (χ3v) is 3.56. The highest BCUT2D eigenvalue weighted by Gasteiger charge is 2.10. The number of nitrogens with zero attached hydrogens (tertiary/aromatic N) is 1. The van der Waals surface area contributed by atoms with Gasteiger partial charge in [-0.2, -0.15) is 0 Å². The van der Waals surface area contributed by atoms with Crippen LogP contribution in [0, 0.1) is 0 Å². The van der Waals surface area contributed by atoms with E-state index >= 15 is 0 Å². The fourth-order valence-electron chi connectivity index (χ4n) is 2.46. The van der Waals surface area contributed by atoms with E-state index in [4.69, 9.17) is 0 Å². The van der Waals surface area contributed by atoms with Gasteiger partial charge in [0.2, 0.25) is 0 Å². The molecule has 1 aliphatic rings. The van der Waals surface area contributed by atoms with Crippen LogP contribution in [0.25, 0.3) is 0 Å². The molecule has 0 fully saturated rings. The van der Waals surface area contributed by atoms with Crippen LogP contribution in [0.2, 0.25) is 0 Å². The molecule has 2 nitrogen and oxygen atoms in total. The third-order valence-electron chi connectivity index (χ3n) is 3.56. The van der Waals surface area contributed by atoms with E-state index in [1.54, 1.807) is 0 Å². The SMILES string of the molecule is CN(c1ccccc1)c1ccc2c(c1)NCCC2. The minimum absolute atomic E-state index is 1.09. The van der Waals surface area contributed by atoms with Crippen molar-refractivity contribution in [1.29, 1.82) is 0 Å². The standard InChI is InChI=1S/C16H18N2/c1-18(14-7-3-2-4-8-14)15-10-9-13-6-5-11-17-16(13)12-15/h2-4,7-10,12,17H,5-6,11H2,1H3. The fourth-order valence-corrected chi connectivity index (χ4v) is 2.46. The van der Waals surface area contributed by atoms with E-state index < -0.39 is 0 Å². The molecule has 2 aromatic rings. The van der Waals surface area contributed by atoms with Crippen LogP contribution in [0.5, 0.6) is 0 Å². The maximum Gasteiger partial charge on any atom is 0.0429 e. The van der Waals surface area contributed by atoms with Crippen LogP contribution in [0.4, 0.5) is 17.1 Å². The number of anilines is 3. The Balaban J connectivity index is 1.93. The van der Waals surface area contributed by atoms with Crippen molar-refractivity contribution in [3.05, 3.63) is 54.1 Å². The first-order valence-corrected chi connectivity index (χ1v) is 6.50. The van der Waals surface area contributed by atoms with Gasteiger partial charge in [-0.05, 0) is 42.7 Å². The Bertz CT molecular complexity index is 534. The molecule has 2 aromatic carbocycles. The van der Waals surface area contributed by atoms with Crippen LogP contribution >= 0.6 is 0 Å². The number of fused-ring (bicyclic) bond motifs is 1. The van der Waals surface area contributed by atoms with E-state index in [1.807, 2.05) is 6.07 Å². The maximum atomic E-state index is 3.48. The third kappa shape index (κ3) is 2.06. The summed E-state index contributed by atoms with van der Waals surface area (Å²) in [6, 6.07) is 17.2. The molecular weight excluding hydrogens is 220 g/mol. The van der Waals surface area contributed by atoms with Gasteiger partial charge in [0.1, 0.15) is 0 Å². The average Bonchev–Trinajstić information content (AvgIpc) is 2.47. The fraction of sp³-hybridized carbons (Fsp3) is 0.250. The molecule has 0 radical (unpaired) electrons. The van der Waals surface area contributed by atoms with Crippen molar-refractivity contribution in [3.8, 4) is 0 Å². The van der Waals surface area contributed by atoms with E-state index in [0.717, 1.165) is 6.54 Å². The molecule has 0 aromatic heterocycles. The van der Waals surface area contributed by atoms with Crippen molar-refractivity contribution in [2.75, 3.05) is 23.8 Å². The van der Waals surface area contributed by atoms with Crippen molar-refractivity contribution < 1.29 is 0 Å². The summed E-state index contributed by atoms with van der Waals surface area (Å²) in [5.41, 5.74) is 5.18. The van der Waals surface area contributed by atoms with Gasteiger partial charge >= 0.3 is 0 Å². The summed E-state index contributed by atoms with van der Waals surface area (Å²) in [5, 5.41) is 3.48. The first-order valence-electron chi connectivity index (χ1n) is 6.50. The van der Waals surface area contributed by atoms with Crippen LogP contribution < -0.4 is 10.2 Å². The second-order valence-corrected chi connectivity index (χ2v) is 4.77. The minimum Gasteiger partial charge on any atom is -0.385 e. The Hall–Kier alpha value is -1.96. The maximum absolute atomic E-state index is 3.48. The number of para-hydroxylation sites is 1. The topological polar surface area (TPSA) is 15.3 Å². The summed E-state index contributed by atoms with van der Waals surface area (Å²) in [6.45, 7) is 1.09. The number of rotatable bonds is 2. The van der Waals surface area contributed by atoms with Gasteiger partial charge in [0.15, 0.2) is 0 Å². The smallest absolute Gasteiger partial charge is 0.0429 e. The van der Waals surface area contributed by atoms with Gasteiger partial charge in [0.05, 0.1) is 0 Å². The van der Waals surface area contributed by atoms with E-state index in [-0.39, 0.29) is 0 Å². The summed E-state index contributed by atoms with van der Waals surface area (Å²) in [7, 11) is 2.11. The lowest BCUT2D eigenvalue weighted by Gasteiger charge is -2.23. The zero-order valence-corrected chi connectivity index (χ0v) is 10.7. The van der Waals surface area contributed by atoms with Crippen molar-refractivity contribution in [2.45, 2.75) is 12.8 Å². The van der Waals surface area contributed by atoms with Crippen LogP contribution in [0.1, 0.15) is 12.0 Å². The lowest BCUT2D eigenvalue weighted by Crippen LogP contribution is -2.14. The Morgan fingerprint density at radius 1 is 1.00 bits per heavy atom. The highest BCUT2D eigenvalue weighted by molar-refractivity contribution is 5.69. The van der Waals surface area contributed by atoms with E-state index in [1.165, 1.54) is 35.5 Å². The molecule has 92 valence electrons. The van der Waals surface area contributed by atoms with Crippen molar-refractivity contribution in [2.24, 2.45) is 0 Å². The predicted molar refractivity (Wildman–Crippen MR) is 77.8 cm³/mol. The van der Waals surface area contributed by atoms with Crippen LogP contribution in [-0.4, -0.2) is 13.6 Å². The summed E-state index contributed by atoms with van der Waals surface area (Å²) in [4.78, 5) is 2.22. The Morgan fingerprint density at radius 2 is 1.83 bits per heavy atom. The van der Waals surface area contributed by atoms with E-state index in [0.29, 0.717) is 0 Å². The Morgan fingerprint density at radius 3 is 2.67 bits per heavy atom. The second-order valence-electron chi connectivity index (χ2n) is 4.77. The van der Waals surface area contributed by atoms with Gasteiger partial charge in [-0.15, -0.1) is 0 Å². The highest BCUT2D eigenvalue weighted by atomic mass is 15.1. The lowest BCUT2D eigenvalue weighted by atomic mass is 10.0. The molecule has 2 heteroatoms. The molecule has 0 saturated heterocycles. The van der Waals surface area contributed by atoms with Crippen molar-refractivity contribution in [3.63, 3.8) is 0 Å². The first kappa shape index (κ1) is 11.1. The van der Waals surface area contributed by atoms with Crippen LogP contribution in [0.3, 0.4) is 0 Å². The molecule has 1 aliphatic heterocycles. The lowest BCUT2D eigenvalue weighted by molar-refractivity contribution is 0.830. The van der Waals surface area contributed by atoms with Crippen molar-refractivity contribution >= 4 is 17.1 Å². The second kappa shape index (κ2) is 4.73. The molecular formula is C16H18N2. The van der Waals surface area contributed by atoms with Gasteiger partial charge in [-0.25, -0.2) is 0 Å². The number of hydrogen-bond donors (Lipinski definition) is 1. The molecule has 3 rings (SSSR count). The number of benzene rings is 2. The van der Waals surface area contributed by atoms with E-state index in [2.05, 4.69) is 59.7 Å².